The first-order valence-electron chi connectivity index (χ1n) is 21.0. The highest BCUT2D eigenvalue weighted by Crippen LogP contribution is 2.57. The lowest BCUT2D eigenvalue weighted by Crippen LogP contribution is -2.28. The van der Waals surface area contributed by atoms with Gasteiger partial charge in [0.1, 0.15) is 11.2 Å². The predicted molar refractivity (Wildman–Crippen MR) is 239 cm³/mol. The van der Waals surface area contributed by atoms with Crippen molar-refractivity contribution in [3.05, 3.63) is 222 Å². The van der Waals surface area contributed by atoms with Gasteiger partial charge in [-0.3, -0.25) is 0 Å². The maximum Gasteiger partial charge on any atom is 0.136 e. The summed E-state index contributed by atoms with van der Waals surface area (Å²) in [5.41, 5.74) is 16.3. The van der Waals surface area contributed by atoms with E-state index in [2.05, 4.69) is 199 Å². The second-order valence-electron chi connectivity index (χ2n) is 16.8. The molecule has 12 rings (SSSR count). The molecule has 3 aliphatic rings. The van der Waals surface area contributed by atoms with Crippen LogP contribution in [-0.4, -0.2) is 0 Å². The molecule has 3 unspecified atom stereocenters. The van der Waals surface area contributed by atoms with Crippen LogP contribution in [0.2, 0.25) is 0 Å². The van der Waals surface area contributed by atoms with E-state index in [1.807, 2.05) is 0 Å². The van der Waals surface area contributed by atoms with Gasteiger partial charge in [0.15, 0.2) is 0 Å². The van der Waals surface area contributed by atoms with Crippen molar-refractivity contribution in [2.45, 2.75) is 37.0 Å². The summed E-state index contributed by atoms with van der Waals surface area (Å²) in [6, 6.07) is 71.9. The van der Waals surface area contributed by atoms with E-state index in [0.29, 0.717) is 5.92 Å². The summed E-state index contributed by atoms with van der Waals surface area (Å²) < 4.78 is 6.55. The monoisotopic (exact) mass is 745 g/mol. The summed E-state index contributed by atoms with van der Waals surface area (Å²) in [4.78, 5) is 2.46. The minimum absolute atomic E-state index is 0.489. The van der Waals surface area contributed by atoms with E-state index < -0.39 is 5.41 Å². The molecule has 278 valence electrons. The molecule has 1 heterocycles. The first kappa shape index (κ1) is 33.5. The van der Waals surface area contributed by atoms with Crippen molar-refractivity contribution < 1.29 is 4.42 Å². The van der Waals surface area contributed by atoms with Gasteiger partial charge in [-0.2, -0.15) is 0 Å². The van der Waals surface area contributed by atoms with Gasteiger partial charge in [0.2, 0.25) is 0 Å². The Bertz CT molecular complexity index is 2930. The number of hydrogen-bond donors (Lipinski definition) is 0. The maximum absolute atomic E-state index is 6.55. The standard InChI is InChI=1S/C56H43NO/c1-3-13-38(14-4-1)46-21-12-24-54-55(46)50-36-45(31-32-53(50)58-54)57(43-29-27-39(28-30-43)49-34-37-25-26-40(49)33-37)44-18-11-17-42(35-44)56(41-15-5-2-6-16-41)51-22-9-7-19-47(51)48-20-8-10-23-52(48)56/h1-24,27-32,35-37,40,49H,25-26,33-34H2. The molecule has 2 bridgehead atoms. The summed E-state index contributed by atoms with van der Waals surface area (Å²) in [7, 11) is 0. The predicted octanol–water partition coefficient (Wildman–Crippen LogP) is 15.0. The van der Waals surface area contributed by atoms with E-state index in [9.17, 15) is 0 Å². The number of benzene rings is 8. The smallest absolute Gasteiger partial charge is 0.136 e. The molecule has 0 amide bonds. The van der Waals surface area contributed by atoms with Gasteiger partial charge in [0, 0.05) is 27.8 Å². The highest BCUT2D eigenvalue weighted by atomic mass is 16.3. The molecular weight excluding hydrogens is 703 g/mol. The molecule has 2 fully saturated rings. The van der Waals surface area contributed by atoms with E-state index in [1.165, 1.54) is 75.8 Å². The molecule has 0 spiro atoms. The lowest BCUT2D eigenvalue weighted by molar-refractivity contribution is 0.420. The molecular formula is C56H43NO. The van der Waals surface area contributed by atoms with Crippen LogP contribution in [0.5, 0.6) is 0 Å². The van der Waals surface area contributed by atoms with Crippen molar-refractivity contribution in [1.29, 1.82) is 0 Å². The molecule has 58 heavy (non-hydrogen) atoms. The van der Waals surface area contributed by atoms with Crippen LogP contribution in [0.1, 0.15) is 59.4 Å². The molecule has 2 saturated carbocycles. The summed E-state index contributed by atoms with van der Waals surface area (Å²) in [6.07, 6.45) is 5.55. The van der Waals surface area contributed by atoms with Crippen molar-refractivity contribution in [2.24, 2.45) is 11.8 Å². The minimum Gasteiger partial charge on any atom is -0.456 e. The van der Waals surface area contributed by atoms with Crippen LogP contribution in [-0.2, 0) is 5.41 Å². The second kappa shape index (κ2) is 13.2. The molecule has 2 heteroatoms. The Hall–Kier alpha value is -6.64. The van der Waals surface area contributed by atoms with Crippen LogP contribution >= 0.6 is 0 Å². The first-order chi connectivity index (χ1) is 28.7. The number of nitrogens with zero attached hydrogens (tertiary/aromatic N) is 1. The van der Waals surface area contributed by atoms with Gasteiger partial charge in [-0.15, -0.1) is 0 Å². The van der Waals surface area contributed by atoms with Crippen LogP contribution in [0.4, 0.5) is 17.1 Å². The first-order valence-corrected chi connectivity index (χ1v) is 21.0. The largest absolute Gasteiger partial charge is 0.456 e. The normalized spacial score (nSPS) is 18.7. The third-order valence-electron chi connectivity index (χ3n) is 13.8. The average Bonchev–Trinajstić information content (AvgIpc) is 4.09. The highest BCUT2D eigenvalue weighted by molar-refractivity contribution is 6.13. The molecule has 9 aromatic rings. The molecule has 1 aromatic heterocycles. The highest BCUT2D eigenvalue weighted by Gasteiger charge is 2.46. The van der Waals surface area contributed by atoms with Crippen LogP contribution in [0.25, 0.3) is 44.2 Å². The molecule has 0 N–H and O–H groups in total. The minimum atomic E-state index is -0.489. The Balaban J connectivity index is 1.07. The Morgan fingerprint density at radius 3 is 1.83 bits per heavy atom. The van der Waals surface area contributed by atoms with Crippen LogP contribution in [0.3, 0.4) is 0 Å². The number of hydrogen-bond acceptors (Lipinski definition) is 2. The number of furan rings is 1. The fourth-order valence-electron chi connectivity index (χ4n) is 11.4. The summed E-state index contributed by atoms with van der Waals surface area (Å²) in [5.74, 6) is 2.43. The van der Waals surface area contributed by atoms with Gasteiger partial charge in [-0.25, -0.2) is 0 Å². The van der Waals surface area contributed by atoms with Crippen LogP contribution < -0.4 is 4.90 Å². The number of anilines is 3. The third-order valence-corrected chi connectivity index (χ3v) is 13.8. The van der Waals surface area contributed by atoms with Crippen molar-refractivity contribution in [3.8, 4) is 22.3 Å². The Morgan fingerprint density at radius 2 is 1.10 bits per heavy atom. The van der Waals surface area contributed by atoms with Gasteiger partial charge in [0.25, 0.3) is 0 Å². The van der Waals surface area contributed by atoms with Crippen molar-refractivity contribution in [1.82, 2.24) is 0 Å². The quantitative estimate of drug-likeness (QED) is 0.162. The molecule has 8 aromatic carbocycles. The van der Waals surface area contributed by atoms with Gasteiger partial charge >= 0.3 is 0 Å². The van der Waals surface area contributed by atoms with Crippen LogP contribution in [0, 0.1) is 11.8 Å². The zero-order valence-corrected chi connectivity index (χ0v) is 32.4. The molecule has 0 aliphatic heterocycles. The lowest BCUT2D eigenvalue weighted by atomic mass is 9.67. The molecule has 0 saturated heterocycles. The number of rotatable bonds is 7. The topological polar surface area (TPSA) is 16.4 Å². The van der Waals surface area contributed by atoms with Crippen molar-refractivity contribution >= 4 is 39.0 Å². The molecule has 3 atom stereocenters. The van der Waals surface area contributed by atoms with Gasteiger partial charge in [-0.1, -0.05) is 152 Å². The van der Waals surface area contributed by atoms with Crippen molar-refractivity contribution in [3.63, 3.8) is 0 Å². The molecule has 0 radical (unpaired) electrons. The second-order valence-corrected chi connectivity index (χ2v) is 16.8. The summed E-state index contributed by atoms with van der Waals surface area (Å²) >= 11 is 0. The third kappa shape index (κ3) is 5.04. The Labute approximate surface area is 340 Å². The average molecular weight is 746 g/mol. The van der Waals surface area contributed by atoms with E-state index in [4.69, 9.17) is 4.42 Å². The fourth-order valence-corrected chi connectivity index (χ4v) is 11.4. The van der Waals surface area contributed by atoms with E-state index in [1.54, 1.807) is 0 Å². The Kier molecular flexibility index (Phi) is 7.63. The van der Waals surface area contributed by atoms with E-state index in [-0.39, 0.29) is 0 Å². The van der Waals surface area contributed by atoms with E-state index >= 15 is 0 Å². The van der Waals surface area contributed by atoms with Crippen molar-refractivity contribution in [2.75, 3.05) is 4.90 Å². The maximum atomic E-state index is 6.55. The SMILES string of the molecule is c1ccc(-c2cccc3oc4ccc(N(c5ccc(C6CC7CCC6C7)cc5)c5cccc(C6(c7ccccc7)c7ccccc7-c7ccccc76)c5)cc4c23)cc1. The zero-order chi connectivity index (χ0) is 38.2. The fraction of sp³-hybridized carbons (Fsp3) is 0.143. The molecule has 3 aliphatic carbocycles. The van der Waals surface area contributed by atoms with E-state index in [0.717, 1.165) is 50.8 Å². The lowest BCUT2D eigenvalue weighted by Gasteiger charge is -2.35. The van der Waals surface area contributed by atoms with Crippen LogP contribution in [0.15, 0.2) is 199 Å². The Morgan fingerprint density at radius 1 is 0.466 bits per heavy atom. The molecule has 2 nitrogen and oxygen atoms in total. The van der Waals surface area contributed by atoms with Gasteiger partial charge in [-0.05, 0) is 136 Å². The zero-order valence-electron chi connectivity index (χ0n) is 32.4. The van der Waals surface area contributed by atoms with Gasteiger partial charge < -0.3 is 9.32 Å². The number of fused-ring (bicyclic) bond motifs is 8. The van der Waals surface area contributed by atoms with Gasteiger partial charge in [0.05, 0.1) is 5.41 Å². The summed E-state index contributed by atoms with van der Waals surface area (Å²) in [5, 5.41) is 2.26. The summed E-state index contributed by atoms with van der Waals surface area (Å²) in [6.45, 7) is 0.